The first-order valence-electron chi connectivity index (χ1n) is 10.6. The molecule has 0 saturated carbocycles. The molecule has 3 aromatic carbocycles. The third-order valence-electron chi connectivity index (χ3n) is 5.38. The van der Waals surface area contributed by atoms with Crippen LogP contribution in [0, 0.1) is 20.8 Å². The topological polar surface area (TPSA) is 110 Å². The Bertz CT molecular complexity index is 1490. The highest BCUT2D eigenvalue weighted by molar-refractivity contribution is 7.87. The predicted molar refractivity (Wildman–Crippen MR) is 130 cm³/mol. The summed E-state index contributed by atoms with van der Waals surface area (Å²) in [6.07, 6.45) is 1.28. The molecule has 0 radical (unpaired) electrons. The van der Waals surface area contributed by atoms with Gasteiger partial charge in [0, 0.05) is 0 Å². The molecule has 1 heterocycles. The van der Waals surface area contributed by atoms with Gasteiger partial charge in [-0.1, -0.05) is 47.5 Å². The molecule has 0 aliphatic carbocycles. The van der Waals surface area contributed by atoms with Crippen molar-refractivity contribution in [1.82, 2.24) is 5.32 Å². The number of benzene rings is 3. The summed E-state index contributed by atoms with van der Waals surface area (Å²) in [5, 5.41) is 2.18. The van der Waals surface area contributed by atoms with Crippen molar-refractivity contribution in [2.24, 2.45) is 0 Å². The van der Waals surface area contributed by atoms with Crippen LogP contribution in [-0.2, 0) is 19.7 Å². The van der Waals surface area contributed by atoms with E-state index in [1.807, 2.05) is 19.9 Å². The molecule has 1 aliphatic rings. The second kappa shape index (κ2) is 9.19. The molecule has 8 nitrogen and oxygen atoms in total. The number of anilines is 1. The van der Waals surface area contributed by atoms with Gasteiger partial charge in [-0.15, -0.1) is 0 Å². The SMILES string of the molecule is Cc1ccc(S(=O)(=O)Oc2cccc(/C=C3/C(=O)NC(=O)N(c4ccc(C)cc4C)C3=O)c2)cc1. The zero-order valence-electron chi connectivity index (χ0n) is 19.2. The number of barbiturate groups is 1. The van der Waals surface area contributed by atoms with Gasteiger partial charge in [-0.25, -0.2) is 9.69 Å². The molecular weight excluding hydrogens is 468 g/mol. The number of urea groups is 1. The number of carbonyl (C=O) groups excluding carboxylic acids is 3. The summed E-state index contributed by atoms with van der Waals surface area (Å²) < 4.78 is 30.5. The van der Waals surface area contributed by atoms with Gasteiger partial charge in [-0.2, -0.15) is 8.42 Å². The summed E-state index contributed by atoms with van der Waals surface area (Å²) in [5.74, 6) is -1.63. The largest absolute Gasteiger partial charge is 0.379 e. The number of aryl methyl sites for hydroxylation is 3. The summed E-state index contributed by atoms with van der Waals surface area (Å²) in [6.45, 7) is 5.49. The van der Waals surface area contributed by atoms with Crippen molar-refractivity contribution in [3.63, 3.8) is 0 Å². The van der Waals surface area contributed by atoms with Gasteiger partial charge in [0.05, 0.1) is 5.69 Å². The Morgan fingerprint density at radius 2 is 1.54 bits per heavy atom. The molecule has 1 N–H and O–H groups in total. The first-order valence-corrected chi connectivity index (χ1v) is 12.1. The van der Waals surface area contributed by atoms with Gasteiger partial charge in [0.2, 0.25) is 0 Å². The molecule has 1 aliphatic heterocycles. The van der Waals surface area contributed by atoms with E-state index in [1.54, 1.807) is 37.3 Å². The fourth-order valence-corrected chi connectivity index (χ4v) is 4.56. The van der Waals surface area contributed by atoms with E-state index in [1.165, 1.54) is 36.4 Å². The van der Waals surface area contributed by atoms with Gasteiger partial charge in [0.1, 0.15) is 16.2 Å². The maximum absolute atomic E-state index is 13.2. The molecule has 3 aromatic rings. The van der Waals surface area contributed by atoms with Crippen LogP contribution in [0.1, 0.15) is 22.3 Å². The monoisotopic (exact) mass is 490 g/mol. The molecule has 0 aromatic heterocycles. The Balaban J connectivity index is 1.65. The Morgan fingerprint density at radius 3 is 2.23 bits per heavy atom. The summed E-state index contributed by atoms with van der Waals surface area (Å²) in [5.41, 5.74) is 2.98. The minimum absolute atomic E-state index is 0.00341. The van der Waals surface area contributed by atoms with E-state index < -0.39 is 28.0 Å². The van der Waals surface area contributed by atoms with Crippen LogP contribution in [0.25, 0.3) is 6.08 Å². The second-order valence-corrected chi connectivity index (χ2v) is 9.72. The zero-order chi connectivity index (χ0) is 25.3. The molecule has 9 heteroatoms. The normalized spacial score (nSPS) is 15.3. The third kappa shape index (κ3) is 4.99. The third-order valence-corrected chi connectivity index (χ3v) is 6.64. The highest BCUT2D eigenvalue weighted by Gasteiger charge is 2.37. The number of rotatable bonds is 5. The van der Waals surface area contributed by atoms with Crippen LogP contribution in [0.5, 0.6) is 5.75 Å². The highest BCUT2D eigenvalue weighted by Crippen LogP contribution is 2.27. The van der Waals surface area contributed by atoms with Crippen molar-refractivity contribution in [3.05, 3.63) is 94.6 Å². The van der Waals surface area contributed by atoms with Crippen LogP contribution in [0.3, 0.4) is 0 Å². The van der Waals surface area contributed by atoms with Gasteiger partial charge in [-0.05, 0) is 68.3 Å². The lowest BCUT2D eigenvalue weighted by molar-refractivity contribution is -0.122. The lowest BCUT2D eigenvalue weighted by Crippen LogP contribution is -2.54. The van der Waals surface area contributed by atoms with Crippen LogP contribution >= 0.6 is 0 Å². The Morgan fingerprint density at radius 1 is 0.857 bits per heavy atom. The van der Waals surface area contributed by atoms with E-state index in [4.69, 9.17) is 4.18 Å². The molecule has 1 fully saturated rings. The number of carbonyl (C=O) groups is 3. The second-order valence-electron chi connectivity index (χ2n) is 8.17. The fourth-order valence-electron chi connectivity index (χ4n) is 3.64. The smallest absolute Gasteiger partial charge is 0.339 e. The minimum Gasteiger partial charge on any atom is -0.379 e. The Hall–Kier alpha value is -4.24. The summed E-state index contributed by atoms with van der Waals surface area (Å²) in [6, 6.07) is 16.5. The Kier molecular flexibility index (Phi) is 6.27. The summed E-state index contributed by atoms with van der Waals surface area (Å²) in [7, 11) is -4.08. The first kappa shape index (κ1) is 23.9. The molecule has 0 bridgehead atoms. The quantitative estimate of drug-likeness (QED) is 0.328. The van der Waals surface area contributed by atoms with Crippen LogP contribution in [0.2, 0.25) is 0 Å². The summed E-state index contributed by atoms with van der Waals surface area (Å²) >= 11 is 0. The van der Waals surface area contributed by atoms with Gasteiger partial charge in [0.25, 0.3) is 11.8 Å². The maximum atomic E-state index is 13.2. The molecule has 4 amide bonds. The van der Waals surface area contributed by atoms with Crippen LogP contribution in [-0.4, -0.2) is 26.3 Å². The minimum atomic E-state index is -4.08. The average molecular weight is 491 g/mol. The molecule has 1 saturated heterocycles. The average Bonchev–Trinajstić information content (AvgIpc) is 2.78. The molecule has 0 spiro atoms. The van der Waals surface area contributed by atoms with Gasteiger partial charge in [-0.3, -0.25) is 14.9 Å². The fraction of sp³-hybridized carbons (Fsp3) is 0.115. The first-order chi connectivity index (χ1) is 16.5. The molecule has 178 valence electrons. The number of hydrogen-bond donors (Lipinski definition) is 1. The van der Waals surface area contributed by atoms with Crippen LogP contribution in [0.4, 0.5) is 10.5 Å². The highest BCUT2D eigenvalue weighted by atomic mass is 32.2. The van der Waals surface area contributed by atoms with Crippen molar-refractivity contribution in [2.75, 3.05) is 4.90 Å². The number of imide groups is 2. The number of nitrogens with one attached hydrogen (secondary N) is 1. The van der Waals surface area contributed by atoms with Crippen molar-refractivity contribution in [3.8, 4) is 5.75 Å². The van der Waals surface area contributed by atoms with Crippen molar-refractivity contribution >= 4 is 39.7 Å². The van der Waals surface area contributed by atoms with Crippen LogP contribution in [0.15, 0.2) is 77.2 Å². The number of hydrogen-bond acceptors (Lipinski definition) is 6. The lowest BCUT2D eigenvalue weighted by Gasteiger charge is -2.27. The molecule has 0 unspecified atom stereocenters. The van der Waals surface area contributed by atoms with E-state index in [0.717, 1.165) is 16.0 Å². The van der Waals surface area contributed by atoms with Crippen molar-refractivity contribution in [2.45, 2.75) is 25.7 Å². The van der Waals surface area contributed by atoms with Crippen molar-refractivity contribution in [1.29, 1.82) is 0 Å². The lowest BCUT2D eigenvalue weighted by atomic mass is 10.0. The van der Waals surface area contributed by atoms with Gasteiger partial charge < -0.3 is 4.18 Å². The van der Waals surface area contributed by atoms with E-state index in [9.17, 15) is 22.8 Å². The van der Waals surface area contributed by atoms with Crippen molar-refractivity contribution < 1.29 is 27.0 Å². The predicted octanol–water partition coefficient (Wildman–Crippen LogP) is 4.05. The zero-order valence-corrected chi connectivity index (χ0v) is 20.0. The number of nitrogens with zero attached hydrogens (tertiary/aromatic N) is 1. The standard InChI is InChI=1S/C26H22N2O6S/c1-16-7-10-21(11-8-16)35(32,33)34-20-6-4-5-19(14-20)15-22-24(29)27-26(31)28(25(22)30)23-12-9-17(2)13-18(23)3/h4-15H,1-3H3,(H,27,29,31)/b22-15-. The molecule has 4 rings (SSSR count). The molecular formula is C26H22N2O6S. The molecule has 0 atom stereocenters. The number of amides is 4. The van der Waals surface area contributed by atoms with Gasteiger partial charge in [0.15, 0.2) is 0 Å². The van der Waals surface area contributed by atoms with E-state index >= 15 is 0 Å². The Labute approximate surface area is 203 Å². The van der Waals surface area contributed by atoms with E-state index in [0.29, 0.717) is 16.8 Å². The van der Waals surface area contributed by atoms with Gasteiger partial charge >= 0.3 is 16.1 Å². The molecule has 35 heavy (non-hydrogen) atoms. The van der Waals surface area contributed by atoms with E-state index in [2.05, 4.69) is 5.32 Å². The van der Waals surface area contributed by atoms with Crippen LogP contribution < -0.4 is 14.4 Å². The maximum Gasteiger partial charge on any atom is 0.339 e. The summed E-state index contributed by atoms with van der Waals surface area (Å²) in [4.78, 5) is 39.0. The van der Waals surface area contributed by atoms with E-state index in [-0.39, 0.29) is 16.2 Å².